The second kappa shape index (κ2) is 5.97. The average molecular weight is 308 g/mol. The number of nitrogens with zero attached hydrogens (tertiary/aromatic N) is 1. The number of aryl methyl sites for hydroxylation is 1. The summed E-state index contributed by atoms with van der Waals surface area (Å²) in [6.07, 6.45) is 2.17. The van der Waals surface area contributed by atoms with Crippen LogP contribution in [0.3, 0.4) is 0 Å². The molecule has 0 fully saturated rings. The van der Waals surface area contributed by atoms with Gasteiger partial charge in [0.2, 0.25) is 0 Å². The fourth-order valence-corrected chi connectivity index (χ4v) is 3.89. The summed E-state index contributed by atoms with van der Waals surface area (Å²) < 4.78 is 1.42. The summed E-state index contributed by atoms with van der Waals surface area (Å²) in [7, 11) is 0. The summed E-state index contributed by atoms with van der Waals surface area (Å²) in [5.74, 6) is 0. The van der Waals surface area contributed by atoms with Crippen molar-refractivity contribution in [3.63, 3.8) is 0 Å². The van der Waals surface area contributed by atoms with E-state index in [1.54, 1.807) is 18.6 Å². The molecule has 0 aliphatic rings. The molecule has 19 heavy (non-hydrogen) atoms. The van der Waals surface area contributed by atoms with E-state index in [9.17, 15) is 0 Å². The molecule has 2 rings (SSSR count). The predicted molar refractivity (Wildman–Crippen MR) is 82.2 cm³/mol. The van der Waals surface area contributed by atoms with E-state index < -0.39 is 0 Å². The summed E-state index contributed by atoms with van der Waals surface area (Å²) in [6.45, 7) is 6.61. The summed E-state index contributed by atoms with van der Waals surface area (Å²) in [4.78, 5) is 4.81. The Morgan fingerprint density at radius 2 is 1.68 bits per heavy atom. The molecule has 2 radical (unpaired) electrons. The normalized spacial score (nSPS) is 11.5. The van der Waals surface area contributed by atoms with E-state index in [1.807, 2.05) is 0 Å². The Morgan fingerprint density at radius 3 is 2.26 bits per heavy atom. The molecule has 1 aromatic carbocycles. The van der Waals surface area contributed by atoms with Crippen LogP contribution in [0.4, 0.5) is 0 Å². The Bertz CT molecular complexity index is 559. The van der Waals surface area contributed by atoms with Gasteiger partial charge in [0.05, 0.1) is 0 Å². The van der Waals surface area contributed by atoms with E-state index in [0.29, 0.717) is 0 Å². The van der Waals surface area contributed by atoms with Gasteiger partial charge in [0, 0.05) is 0 Å². The van der Waals surface area contributed by atoms with Crippen LogP contribution in [-0.4, -0.2) is 23.6 Å². The Morgan fingerprint density at radius 1 is 1.00 bits per heavy atom. The first-order valence-electron chi connectivity index (χ1n) is 6.93. The maximum atomic E-state index is 4.81. The molecular formula is C17H20GaN. The molecule has 96 valence electrons. The molecular weight excluding hydrogens is 288 g/mol. The van der Waals surface area contributed by atoms with Crippen molar-refractivity contribution in [2.45, 2.75) is 39.0 Å². The SMILES string of the molecule is CCC(CC)(c1cccc(C)n1)c1cccc[c]1[Ga]. The molecule has 0 unspecified atom stereocenters. The molecule has 2 heteroatoms. The van der Waals surface area contributed by atoms with E-state index >= 15 is 0 Å². The third kappa shape index (κ3) is 2.65. The Kier molecular flexibility index (Phi) is 4.53. The molecule has 0 spiro atoms. The predicted octanol–water partition coefficient (Wildman–Crippen LogP) is 3.29. The van der Waals surface area contributed by atoms with Crippen molar-refractivity contribution in [2.75, 3.05) is 0 Å². The van der Waals surface area contributed by atoms with E-state index in [-0.39, 0.29) is 5.41 Å². The molecule has 0 amide bonds. The first-order chi connectivity index (χ1) is 9.14. The third-order valence-electron chi connectivity index (χ3n) is 4.06. The van der Waals surface area contributed by atoms with Crippen molar-refractivity contribution in [3.8, 4) is 0 Å². The molecule has 0 bridgehead atoms. The van der Waals surface area contributed by atoms with Gasteiger partial charge in [-0.15, -0.1) is 0 Å². The standard InChI is InChI=1S/C17H20N.Ga/c1-4-17(5-2,15-11-7-6-8-12-15)16-13-9-10-14(3)18-16;/h6-11,13H,4-5H2,1-3H3;. The van der Waals surface area contributed by atoms with Crippen LogP contribution in [0.2, 0.25) is 0 Å². The monoisotopic (exact) mass is 307 g/mol. The molecule has 1 heterocycles. The first-order valence-corrected chi connectivity index (χ1v) is 8.14. The molecule has 0 saturated heterocycles. The van der Waals surface area contributed by atoms with Crippen LogP contribution in [0.5, 0.6) is 0 Å². The van der Waals surface area contributed by atoms with Gasteiger partial charge in [0.1, 0.15) is 0 Å². The third-order valence-corrected chi connectivity index (χ3v) is 5.12. The molecule has 0 saturated carbocycles. The minimum absolute atomic E-state index is 0.0547. The van der Waals surface area contributed by atoms with E-state index in [4.69, 9.17) is 4.98 Å². The fourth-order valence-electron chi connectivity index (χ4n) is 2.87. The van der Waals surface area contributed by atoms with Crippen LogP contribution >= 0.6 is 0 Å². The van der Waals surface area contributed by atoms with E-state index in [0.717, 1.165) is 18.5 Å². The Balaban J connectivity index is 2.65. The van der Waals surface area contributed by atoms with Crippen molar-refractivity contribution in [3.05, 3.63) is 59.4 Å². The van der Waals surface area contributed by atoms with Gasteiger partial charge in [-0.05, 0) is 0 Å². The van der Waals surface area contributed by atoms with Crippen molar-refractivity contribution < 1.29 is 0 Å². The molecule has 2 aromatic rings. The molecule has 1 aromatic heterocycles. The van der Waals surface area contributed by atoms with Crippen LogP contribution < -0.4 is 4.12 Å². The topological polar surface area (TPSA) is 12.9 Å². The van der Waals surface area contributed by atoms with Crippen LogP contribution in [0.15, 0.2) is 42.5 Å². The zero-order valence-electron chi connectivity index (χ0n) is 12.0. The van der Waals surface area contributed by atoms with Crippen molar-refractivity contribution in [2.24, 2.45) is 0 Å². The number of pyridine rings is 1. The van der Waals surface area contributed by atoms with Crippen LogP contribution in [-0.2, 0) is 5.41 Å². The molecule has 0 aliphatic heterocycles. The Labute approximate surface area is 126 Å². The molecule has 0 N–H and O–H groups in total. The summed E-state index contributed by atoms with van der Waals surface area (Å²) >= 11 is 1.70. The van der Waals surface area contributed by atoms with Crippen molar-refractivity contribution in [1.29, 1.82) is 0 Å². The van der Waals surface area contributed by atoms with E-state index in [1.165, 1.54) is 15.4 Å². The van der Waals surface area contributed by atoms with E-state index in [2.05, 4.69) is 63.2 Å². The molecule has 0 atom stereocenters. The van der Waals surface area contributed by atoms with Crippen LogP contribution in [0, 0.1) is 6.92 Å². The molecule has 0 aliphatic carbocycles. The van der Waals surface area contributed by atoms with Gasteiger partial charge in [-0.1, -0.05) is 0 Å². The van der Waals surface area contributed by atoms with Crippen LogP contribution in [0.1, 0.15) is 43.6 Å². The van der Waals surface area contributed by atoms with Crippen molar-refractivity contribution >= 4 is 22.7 Å². The fraction of sp³-hybridized carbons (Fsp3) is 0.353. The van der Waals surface area contributed by atoms with Gasteiger partial charge in [-0.3, -0.25) is 0 Å². The maximum absolute atomic E-state index is 4.81. The minimum atomic E-state index is 0.0547. The van der Waals surface area contributed by atoms with Gasteiger partial charge in [0.25, 0.3) is 0 Å². The van der Waals surface area contributed by atoms with Gasteiger partial charge < -0.3 is 0 Å². The second-order valence-electron chi connectivity index (χ2n) is 5.04. The number of rotatable bonds is 4. The first kappa shape index (κ1) is 14.4. The molecule has 1 nitrogen and oxygen atoms in total. The number of benzene rings is 1. The summed E-state index contributed by atoms with van der Waals surface area (Å²) in [5, 5.41) is 0. The number of hydrogen-bond donors (Lipinski definition) is 0. The van der Waals surface area contributed by atoms with Gasteiger partial charge >= 0.3 is 126 Å². The number of hydrogen-bond acceptors (Lipinski definition) is 1. The summed E-state index contributed by atoms with van der Waals surface area (Å²) in [5.41, 5.74) is 3.81. The quantitative estimate of drug-likeness (QED) is 0.790. The summed E-state index contributed by atoms with van der Waals surface area (Å²) in [6, 6.07) is 15.1. The average Bonchev–Trinajstić information content (AvgIpc) is 2.43. The van der Waals surface area contributed by atoms with Gasteiger partial charge in [-0.2, -0.15) is 0 Å². The Hall–Kier alpha value is -0.994. The zero-order chi connectivity index (χ0) is 13.9. The van der Waals surface area contributed by atoms with Gasteiger partial charge in [0.15, 0.2) is 0 Å². The number of aromatic nitrogens is 1. The second-order valence-corrected chi connectivity index (χ2v) is 6.35. The van der Waals surface area contributed by atoms with Crippen molar-refractivity contribution in [1.82, 2.24) is 4.98 Å². The van der Waals surface area contributed by atoms with Crippen LogP contribution in [0.25, 0.3) is 0 Å². The van der Waals surface area contributed by atoms with Gasteiger partial charge in [-0.25, -0.2) is 0 Å². The zero-order valence-corrected chi connectivity index (χ0v) is 14.4.